The Morgan fingerprint density at radius 3 is 2.22 bits per heavy atom. The summed E-state index contributed by atoms with van der Waals surface area (Å²) in [7, 11) is 3.42. The summed E-state index contributed by atoms with van der Waals surface area (Å²) in [6, 6.07) is -0.0324. The molecule has 0 aromatic rings. The lowest BCUT2D eigenvalue weighted by molar-refractivity contribution is -0.122. The molecule has 0 unspecified atom stereocenters. The van der Waals surface area contributed by atoms with Crippen LogP contribution in [0.3, 0.4) is 0 Å². The summed E-state index contributed by atoms with van der Waals surface area (Å²) in [6.07, 6.45) is 0.830. The Kier molecular flexibility index (Phi) is 4.05. The van der Waals surface area contributed by atoms with Crippen molar-refractivity contribution in [2.75, 3.05) is 14.1 Å². The van der Waals surface area contributed by atoms with Gasteiger partial charge in [0.25, 0.3) is 0 Å². The SMILES string of the molecule is CC[C@@H](NC)C(=O)NC. The summed E-state index contributed by atoms with van der Waals surface area (Å²) in [6.45, 7) is 1.97. The number of hydrogen-bond acceptors (Lipinski definition) is 2. The summed E-state index contributed by atoms with van der Waals surface area (Å²) < 4.78 is 0. The van der Waals surface area contributed by atoms with Crippen LogP contribution in [0, 0.1) is 0 Å². The maximum Gasteiger partial charge on any atom is 0.236 e. The second-order valence-corrected chi connectivity index (χ2v) is 1.86. The highest BCUT2D eigenvalue weighted by molar-refractivity contribution is 5.81. The summed E-state index contributed by atoms with van der Waals surface area (Å²) >= 11 is 0. The lowest BCUT2D eigenvalue weighted by Gasteiger charge is -2.10. The summed E-state index contributed by atoms with van der Waals surface area (Å²) in [5.41, 5.74) is 0. The average molecular weight is 130 g/mol. The van der Waals surface area contributed by atoms with Gasteiger partial charge in [-0.15, -0.1) is 0 Å². The quantitative estimate of drug-likeness (QED) is 0.552. The molecule has 0 saturated carbocycles. The molecular weight excluding hydrogens is 116 g/mol. The van der Waals surface area contributed by atoms with Crippen molar-refractivity contribution in [2.45, 2.75) is 19.4 Å². The number of nitrogens with one attached hydrogen (secondary N) is 2. The molecule has 54 valence electrons. The van der Waals surface area contributed by atoms with Crippen LogP contribution < -0.4 is 10.6 Å². The fourth-order valence-electron chi connectivity index (χ4n) is 0.695. The van der Waals surface area contributed by atoms with E-state index in [-0.39, 0.29) is 11.9 Å². The summed E-state index contributed by atoms with van der Waals surface area (Å²) in [4.78, 5) is 10.8. The fraction of sp³-hybridized carbons (Fsp3) is 0.833. The molecule has 3 nitrogen and oxygen atoms in total. The van der Waals surface area contributed by atoms with E-state index in [2.05, 4.69) is 10.6 Å². The van der Waals surface area contributed by atoms with Gasteiger partial charge in [-0.2, -0.15) is 0 Å². The third-order valence-corrected chi connectivity index (χ3v) is 1.32. The topological polar surface area (TPSA) is 41.1 Å². The largest absolute Gasteiger partial charge is 0.358 e. The standard InChI is InChI=1S/C6H14N2O/c1-4-5(7-2)6(9)8-3/h5,7H,4H2,1-3H3,(H,8,9)/t5-/m1/s1. The van der Waals surface area contributed by atoms with E-state index < -0.39 is 0 Å². The molecule has 0 radical (unpaired) electrons. The highest BCUT2D eigenvalue weighted by Crippen LogP contribution is 1.87. The lowest BCUT2D eigenvalue weighted by atomic mass is 10.2. The van der Waals surface area contributed by atoms with E-state index in [1.807, 2.05) is 6.92 Å². The van der Waals surface area contributed by atoms with Crippen molar-refractivity contribution in [2.24, 2.45) is 0 Å². The van der Waals surface area contributed by atoms with E-state index in [4.69, 9.17) is 0 Å². The molecule has 0 aliphatic carbocycles. The minimum absolute atomic E-state index is 0.0324. The monoisotopic (exact) mass is 130 g/mol. The van der Waals surface area contributed by atoms with Crippen molar-refractivity contribution in [3.05, 3.63) is 0 Å². The molecule has 3 heteroatoms. The van der Waals surface area contributed by atoms with Crippen molar-refractivity contribution >= 4 is 5.91 Å². The highest BCUT2D eigenvalue weighted by Gasteiger charge is 2.09. The van der Waals surface area contributed by atoms with Gasteiger partial charge >= 0.3 is 0 Å². The molecule has 0 bridgehead atoms. The normalized spacial score (nSPS) is 12.8. The van der Waals surface area contributed by atoms with E-state index in [1.165, 1.54) is 0 Å². The van der Waals surface area contributed by atoms with Crippen molar-refractivity contribution in [3.8, 4) is 0 Å². The van der Waals surface area contributed by atoms with Crippen LogP contribution in [0.4, 0.5) is 0 Å². The molecule has 0 rings (SSSR count). The predicted octanol–water partition coefficient (Wildman–Crippen LogP) is -0.270. The number of carbonyl (C=O) groups excluding carboxylic acids is 1. The third-order valence-electron chi connectivity index (χ3n) is 1.32. The predicted molar refractivity (Wildman–Crippen MR) is 37.2 cm³/mol. The van der Waals surface area contributed by atoms with Gasteiger partial charge in [0, 0.05) is 7.05 Å². The van der Waals surface area contributed by atoms with Crippen molar-refractivity contribution in [3.63, 3.8) is 0 Å². The van der Waals surface area contributed by atoms with Gasteiger partial charge < -0.3 is 10.6 Å². The van der Waals surface area contributed by atoms with Gasteiger partial charge in [0.15, 0.2) is 0 Å². The first-order valence-corrected chi connectivity index (χ1v) is 3.15. The van der Waals surface area contributed by atoms with E-state index >= 15 is 0 Å². The molecule has 0 fully saturated rings. The molecule has 0 spiro atoms. The Bertz CT molecular complexity index is 89.1. The van der Waals surface area contributed by atoms with Gasteiger partial charge in [-0.25, -0.2) is 0 Å². The van der Waals surface area contributed by atoms with E-state index in [0.717, 1.165) is 6.42 Å². The molecule has 1 atom stereocenters. The molecule has 0 aliphatic heterocycles. The second-order valence-electron chi connectivity index (χ2n) is 1.86. The van der Waals surface area contributed by atoms with Gasteiger partial charge in [-0.1, -0.05) is 6.92 Å². The second kappa shape index (κ2) is 4.32. The van der Waals surface area contributed by atoms with Gasteiger partial charge in [0.05, 0.1) is 6.04 Å². The minimum Gasteiger partial charge on any atom is -0.358 e. The summed E-state index contributed by atoms with van der Waals surface area (Å²) in [5, 5.41) is 5.46. The number of carbonyl (C=O) groups is 1. The van der Waals surface area contributed by atoms with Gasteiger partial charge in [0.1, 0.15) is 0 Å². The molecule has 2 N–H and O–H groups in total. The van der Waals surface area contributed by atoms with E-state index in [0.29, 0.717) is 0 Å². The maximum absolute atomic E-state index is 10.8. The fourth-order valence-corrected chi connectivity index (χ4v) is 0.695. The number of rotatable bonds is 3. The van der Waals surface area contributed by atoms with Crippen LogP contribution in [0.5, 0.6) is 0 Å². The Hall–Kier alpha value is -0.570. The van der Waals surface area contributed by atoms with Crippen LogP contribution in [0.15, 0.2) is 0 Å². The van der Waals surface area contributed by atoms with Crippen molar-refractivity contribution in [1.82, 2.24) is 10.6 Å². The molecule has 0 aliphatic rings. The van der Waals surface area contributed by atoms with Crippen molar-refractivity contribution in [1.29, 1.82) is 0 Å². The zero-order valence-electron chi connectivity index (χ0n) is 6.19. The average Bonchev–Trinajstić information content (AvgIpc) is 1.90. The first kappa shape index (κ1) is 8.43. The van der Waals surface area contributed by atoms with E-state index in [1.54, 1.807) is 14.1 Å². The first-order valence-electron chi connectivity index (χ1n) is 3.15. The van der Waals surface area contributed by atoms with Crippen LogP contribution >= 0.6 is 0 Å². The van der Waals surface area contributed by atoms with Gasteiger partial charge in [-0.05, 0) is 13.5 Å². The lowest BCUT2D eigenvalue weighted by Crippen LogP contribution is -2.40. The smallest absolute Gasteiger partial charge is 0.236 e. The van der Waals surface area contributed by atoms with Crippen LogP contribution in [0.1, 0.15) is 13.3 Å². The Morgan fingerprint density at radius 1 is 1.56 bits per heavy atom. The maximum atomic E-state index is 10.8. The molecule has 0 aromatic heterocycles. The minimum atomic E-state index is -0.0324. The molecule has 9 heavy (non-hydrogen) atoms. The zero-order valence-corrected chi connectivity index (χ0v) is 6.19. The van der Waals surface area contributed by atoms with Crippen LogP contribution in [0.25, 0.3) is 0 Å². The molecule has 0 aromatic carbocycles. The van der Waals surface area contributed by atoms with Crippen molar-refractivity contribution < 1.29 is 4.79 Å². The molecular formula is C6H14N2O. The molecule has 1 amide bonds. The number of hydrogen-bond donors (Lipinski definition) is 2. The first-order chi connectivity index (χ1) is 4.26. The highest BCUT2D eigenvalue weighted by atomic mass is 16.2. The van der Waals surface area contributed by atoms with Crippen LogP contribution in [-0.2, 0) is 4.79 Å². The van der Waals surface area contributed by atoms with Crippen LogP contribution in [-0.4, -0.2) is 26.0 Å². The zero-order chi connectivity index (χ0) is 7.28. The summed E-state index contributed by atoms with van der Waals surface area (Å²) in [5.74, 6) is 0.0556. The van der Waals surface area contributed by atoms with E-state index in [9.17, 15) is 4.79 Å². The molecule has 0 heterocycles. The van der Waals surface area contributed by atoms with Gasteiger partial charge in [0.2, 0.25) is 5.91 Å². The Morgan fingerprint density at radius 2 is 2.11 bits per heavy atom. The molecule has 0 saturated heterocycles. The Balaban J connectivity index is 3.64. The number of likely N-dealkylation sites (N-methyl/N-ethyl adjacent to an activating group) is 2. The third kappa shape index (κ3) is 2.46. The van der Waals surface area contributed by atoms with Crippen LogP contribution in [0.2, 0.25) is 0 Å². The van der Waals surface area contributed by atoms with Gasteiger partial charge in [-0.3, -0.25) is 4.79 Å². The number of amides is 1. The Labute approximate surface area is 55.8 Å².